The Morgan fingerprint density at radius 1 is 0.947 bits per heavy atom. The van der Waals surface area contributed by atoms with Crippen molar-refractivity contribution in [3.05, 3.63) is 93.9 Å². The molecule has 0 radical (unpaired) electrons. The number of nitrogens with zero attached hydrogens (tertiary/aromatic N) is 2. The van der Waals surface area contributed by atoms with Crippen molar-refractivity contribution < 1.29 is 19.2 Å². The lowest BCUT2D eigenvalue weighted by atomic mass is 9.99. The van der Waals surface area contributed by atoms with Gasteiger partial charge in [0.1, 0.15) is 26.9 Å². The maximum Gasteiger partial charge on any atom is 0.292 e. The van der Waals surface area contributed by atoms with Crippen LogP contribution in [0.1, 0.15) is 9.67 Å². The van der Waals surface area contributed by atoms with Crippen LogP contribution in [0.4, 0.5) is 17.1 Å². The second-order valence-corrected chi connectivity index (χ2v) is 9.26. The summed E-state index contributed by atoms with van der Waals surface area (Å²) < 4.78 is 10.6. The molecule has 9 nitrogen and oxygen atoms in total. The van der Waals surface area contributed by atoms with Crippen molar-refractivity contribution in [2.75, 3.05) is 25.3 Å². The number of nitro groups is 1. The fourth-order valence-electron chi connectivity index (χ4n) is 4.12. The highest BCUT2D eigenvalue weighted by Gasteiger charge is 2.24. The SMILES string of the molecule is COc1ccc(-c2cc(-c3ccc(OC)cc3)c3c(N)c(C(=O)Nc4ccccc4[N+](=O)[O-])sc3n2)cc1. The monoisotopic (exact) mass is 526 g/mol. The Bertz CT molecular complexity index is 1660. The van der Waals surface area contributed by atoms with Gasteiger partial charge >= 0.3 is 0 Å². The molecule has 0 unspecified atom stereocenters. The molecular weight excluding hydrogens is 504 g/mol. The molecule has 3 aromatic carbocycles. The summed E-state index contributed by atoms with van der Waals surface area (Å²) >= 11 is 1.13. The Morgan fingerprint density at radius 3 is 2.16 bits per heavy atom. The number of nitrogens with two attached hydrogens (primary N) is 1. The third kappa shape index (κ3) is 4.60. The van der Waals surface area contributed by atoms with Crippen molar-refractivity contribution in [3.8, 4) is 33.9 Å². The lowest BCUT2D eigenvalue weighted by molar-refractivity contribution is -0.383. The third-order valence-corrected chi connectivity index (χ3v) is 7.14. The van der Waals surface area contributed by atoms with Crippen molar-refractivity contribution in [1.82, 2.24) is 4.98 Å². The van der Waals surface area contributed by atoms with Gasteiger partial charge in [0.15, 0.2) is 0 Å². The molecule has 5 aromatic rings. The number of nitrogen functional groups attached to an aromatic ring is 1. The number of aromatic nitrogens is 1. The minimum absolute atomic E-state index is 0.0848. The molecule has 0 aliphatic heterocycles. The van der Waals surface area contributed by atoms with E-state index in [9.17, 15) is 14.9 Å². The van der Waals surface area contributed by atoms with E-state index in [2.05, 4.69) is 5.32 Å². The van der Waals surface area contributed by atoms with Crippen LogP contribution in [0, 0.1) is 10.1 Å². The third-order valence-electron chi connectivity index (χ3n) is 6.04. The normalized spacial score (nSPS) is 10.8. The first-order chi connectivity index (χ1) is 18.4. The van der Waals surface area contributed by atoms with E-state index in [0.29, 0.717) is 21.7 Å². The number of rotatable bonds is 7. The van der Waals surface area contributed by atoms with E-state index in [0.717, 1.165) is 33.8 Å². The summed E-state index contributed by atoms with van der Waals surface area (Å²) in [5.74, 6) is 0.878. The highest BCUT2D eigenvalue weighted by Crippen LogP contribution is 2.42. The lowest BCUT2D eigenvalue weighted by Crippen LogP contribution is -2.13. The maximum atomic E-state index is 13.3. The minimum atomic E-state index is -0.550. The Labute approximate surface area is 221 Å². The van der Waals surface area contributed by atoms with E-state index < -0.39 is 10.8 Å². The summed E-state index contributed by atoms with van der Waals surface area (Å²) in [6.07, 6.45) is 0. The number of nitro benzene ring substituents is 1. The summed E-state index contributed by atoms with van der Waals surface area (Å²) in [7, 11) is 3.20. The number of thiophene rings is 1. The second-order valence-electron chi connectivity index (χ2n) is 8.27. The van der Waals surface area contributed by atoms with Gasteiger partial charge in [-0.15, -0.1) is 11.3 Å². The van der Waals surface area contributed by atoms with Gasteiger partial charge in [0, 0.05) is 17.0 Å². The first-order valence-electron chi connectivity index (χ1n) is 11.5. The fourth-order valence-corrected chi connectivity index (χ4v) is 5.13. The zero-order chi connectivity index (χ0) is 26.8. The van der Waals surface area contributed by atoms with Crippen molar-refractivity contribution in [3.63, 3.8) is 0 Å². The Kier molecular flexibility index (Phi) is 6.63. The van der Waals surface area contributed by atoms with E-state index in [1.165, 1.54) is 18.2 Å². The fraction of sp³-hybridized carbons (Fsp3) is 0.0714. The smallest absolute Gasteiger partial charge is 0.292 e. The van der Waals surface area contributed by atoms with Crippen LogP contribution in [0.2, 0.25) is 0 Å². The predicted molar refractivity (Wildman–Crippen MR) is 149 cm³/mol. The van der Waals surface area contributed by atoms with Gasteiger partial charge in [-0.3, -0.25) is 14.9 Å². The van der Waals surface area contributed by atoms with Crippen LogP contribution in [0.5, 0.6) is 11.5 Å². The molecule has 0 fully saturated rings. The van der Waals surface area contributed by atoms with Crippen LogP contribution in [-0.2, 0) is 0 Å². The van der Waals surface area contributed by atoms with Gasteiger partial charge < -0.3 is 20.5 Å². The molecule has 1 amide bonds. The van der Waals surface area contributed by atoms with Gasteiger partial charge in [-0.1, -0.05) is 24.3 Å². The number of pyridine rings is 1. The first kappa shape index (κ1) is 24.7. The number of hydrogen-bond donors (Lipinski definition) is 2. The van der Waals surface area contributed by atoms with Crippen molar-refractivity contribution in [1.29, 1.82) is 0 Å². The number of amides is 1. The number of anilines is 2. The predicted octanol–water partition coefficient (Wildman–Crippen LogP) is 6.39. The summed E-state index contributed by atoms with van der Waals surface area (Å²) in [5, 5.41) is 14.7. The quantitative estimate of drug-likeness (QED) is 0.186. The zero-order valence-electron chi connectivity index (χ0n) is 20.4. The van der Waals surface area contributed by atoms with Crippen LogP contribution in [-0.4, -0.2) is 30.0 Å². The number of methoxy groups -OCH3 is 2. The molecule has 0 saturated carbocycles. The maximum absolute atomic E-state index is 13.3. The molecule has 10 heteroatoms. The molecule has 2 aromatic heterocycles. The highest BCUT2D eigenvalue weighted by molar-refractivity contribution is 7.21. The summed E-state index contributed by atoms with van der Waals surface area (Å²) in [5.41, 5.74) is 9.88. The van der Waals surface area contributed by atoms with Gasteiger partial charge in [-0.2, -0.15) is 0 Å². The second kappa shape index (κ2) is 10.2. The van der Waals surface area contributed by atoms with E-state index in [4.69, 9.17) is 20.2 Å². The lowest BCUT2D eigenvalue weighted by Gasteiger charge is -2.10. The summed E-state index contributed by atoms with van der Waals surface area (Å²) in [6.45, 7) is 0. The standard InChI is InChI=1S/C28H22N4O5S/c1-36-18-11-7-16(8-12-18)20-15-22(17-9-13-19(37-2)14-10-17)31-28-24(20)25(29)26(38-28)27(33)30-21-5-3-4-6-23(21)32(34)35/h3-15H,29H2,1-2H3,(H,30,33). The topological polar surface area (TPSA) is 130 Å². The number of hydrogen-bond acceptors (Lipinski definition) is 8. The van der Waals surface area contributed by atoms with Crippen molar-refractivity contribution in [2.45, 2.75) is 0 Å². The minimum Gasteiger partial charge on any atom is -0.497 e. The van der Waals surface area contributed by atoms with E-state index in [-0.39, 0.29) is 21.9 Å². The molecule has 0 spiro atoms. The van der Waals surface area contributed by atoms with Gasteiger partial charge in [0.2, 0.25) is 0 Å². The van der Waals surface area contributed by atoms with Crippen molar-refractivity contribution in [2.24, 2.45) is 0 Å². The number of carbonyl (C=O) groups excluding carboxylic acids is 1. The molecule has 0 aliphatic carbocycles. The number of fused-ring (bicyclic) bond motifs is 1. The van der Waals surface area contributed by atoms with E-state index >= 15 is 0 Å². The van der Waals surface area contributed by atoms with E-state index in [1.54, 1.807) is 20.3 Å². The molecule has 3 N–H and O–H groups in total. The zero-order valence-corrected chi connectivity index (χ0v) is 21.2. The van der Waals surface area contributed by atoms with Gasteiger partial charge in [-0.25, -0.2) is 4.98 Å². The molecule has 5 rings (SSSR count). The molecular formula is C28H22N4O5S. The molecule has 38 heavy (non-hydrogen) atoms. The number of carbonyl (C=O) groups is 1. The van der Waals surface area contributed by atoms with Gasteiger partial charge in [0.25, 0.3) is 11.6 Å². The Morgan fingerprint density at radius 2 is 1.55 bits per heavy atom. The largest absolute Gasteiger partial charge is 0.497 e. The molecule has 0 aliphatic rings. The van der Waals surface area contributed by atoms with Crippen LogP contribution >= 0.6 is 11.3 Å². The number of para-hydroxylation sites is 2. The number of nitrogens with one attached hydrogen (secondary N) is 1. The summed E-state index contributed by atoms with van der Waals surface area (Å²) in [6, 6.07) is 22.9. The molecule has 0 bridgehead atoms. The van der Waals surface area contributed by atoms with Crippen molar-refractivity contribution >= 4 is 44.5 Å². The molecule has 0 atom stereocenters. The molecule has 2 heterocycles. The Balaban J connectivity index is 1.65. The number of benzene rings is 3. The average molecular weight is 527 g/mol. The van der Waals surface area contributed by atoms with Gasteiger partial charge in [-0.05, 0) is 59.7 Å². The van der Waals surface area contributed by atoms with Crippen LogP contribution in [0.15, 0.2) is 78.9 Å². The molecule has 190 valence electrons. The average Bonchev–Trinajstić information content (AvgIpc) is 3.29. The van der Waals surface area contributed by atoms with Gasteiger partial charge in [0.05, 0.1) is 30.5 Å². The van der Waals surface area contributed by atoms with Crippen LogP contribution in [0.25, 0.3) is 32.6 Å². The molecule has 0 saturated heterocycles. The van der Waals surface area contributed by atoms with Crippen LogP contribution < -0.4 is 20.5 Å². The number of ether oxygens (including phenoxy) is 2. The Hall–Kier alpha value is -4.96. The summed E-state index contributed by atoms with van der Waals surface area (Å²) in [4.78, 5) is 29.7. The van der Waals surface area contributed by atoms with Crippen LogP contribution in [0.3, 0.4) is 0 Å². The van der Waals surface area contributed by atoms with E-state index in [1.807, 2.05) is 54.6 Å². The highest BCUT2D eigenvalue weighted by atomic mass is 32.1. The first-order valence-corrected chi connectivity index (χ1v) is 12.3.